The number of carbonyl (C=O) groups is 2. The van der Waals surface area contributed by atoms with E-state index in [4.69, 9.17) is 5.73 Å². The summed E-state index contributed by atoms with van der Waals surface area (Å²) in [5.74, 6) is 0.0477. The van der Waals surface area contributed by atoms with E-state index in [0.717, 1.165) is 32.1 Å². The van der Waals surface area contributed by atoms with Gasteiger partial charge < -0.3 is 21.7 Å². The van der Waals surface area contributed by atoms with Crippen LogP contribution in [0.2, 0.25) is 0 Å². The van der Waals surface area contributed by atoms with Crippen LogP contribution < -0.4 is 21.7 Å². The quantitative estimate of drug-likeness (QED) is 0.474. The molecule has 6 nitrogen and oxygen atoms in total. The second-order valence-electron chi connectivity index (χ2n) is 7.31. The van der Waals surface area contributed by atoms with Gasteiger partial charge in [-0.1, -0.05) is 25.7 Å². The molecule has 142 valence electrons. The molecule has 1 aliphatic carbocycles. The summed E-state index contributed by atoms with van der Waals surface area (Å²) in [5.41, 5.74) is 5.44. The highest BCUT2D eigenvalue weighted by atomic mass is 35.5. The Bertz CT molecular complexity index is 366. The number of hydrogen-bond donors (Lipinski definition) is 4. The molecule has 0 saturated heterocycles. The number of amides is 3. The van der Waals surface area contributed by atoms with E-state index in [1.165, 1.54) is 19.3 Å². The van der Waals surface area contributed by atoms with Crippen molar-refractivity contribution in [2.24, 2.45) is 5.73 Å². The van der Waals surface area contributed by atoms with Crippen molar-refractivity contribution in [1.29, 1.82) is 0 Å². The lowest BCUT2D eigenvalue weighted by atomic mass is 9.96. The first-order chi connectivity index (χ1) is 10.9. The zero-order valence-electron chi connectivity index (χ0n) is 15.2. The summed E-state index contributed by atoms with van der Waals surface area (Å²) in [4.78, 5) is 23.3. The second kappa shape index (κ2) is 12.4. The van der Waals surface area contributed by atoms with Crippen molar-refractivity contribution in [3.8, 4) is 0 Å². The Morgan fingerprint density at radius 2 is 1.71 bits per heavy atom. The van der Waals surface area contributed by atoms with E-state index in [1.54, 1.807) is 0 Å². The molecule has 0 heterocycles. The molecule has 0 aromatic heterocycles. The van der Waals surface area contributed by atoms with E-state index in [9.17, 15) is 9.59 Å². The Morgan fingerprint density at radius 1 is 1.04 bits per heavy atom. The first-order valence-electron chi connectivity index (χ1n) is 8.97. The molecule has 0 aromatic rings. The number of carbonyl (C=O) groups excluding carboxylic acids is 2. The van der Waals surface area contributed by atoms with E-state index in [0.29, 0.717) is 25.6 Å². The van der Waals surface area contributed by atoms with Gasteiger partial charge >= 0.3 is 6.03 Å². The third-order valence-electron chi connectivity index (χ3n) is 4.05. The van der Waals surface area contributed by atoms with Crippen LogP contribution in [-0.4, -0.2) is 36.6 Å². The average Bonchev–Trinajstić information content (AvgIpc) is 2.49. The van der Waals surface area contributed by atoms with Crippen molar-refractivity contribution >= 4 is 24.3 Å². The summed E-state index contributed by atoms with van der Waals surface area (Å²) < 4.78 is 0. The van der Waals surface area contributed by atoms with Gasteiger partial charge in [0.1, 0.15) is 0 Å². The van der Waals surface area contributed by atoms with Crippen molar-refractivity contribution < 1.29 is 9.59 Å². The summed E-state index contributed by atoms with van der Waals surface area (Å²) >= 11 is 0. The lowest BCUT2D eigenvalue weighted by Crippen LogP contribution is -2.45. The predicted molar refractivity (Wildman–Crippen MR) is 100 cm³/mol. The molecule has 5 N–H and O–H groups in total. The second-order valence-corrected chi connectivity index (χ2v) is 7.31. The maximum absolute atomic E-state index is 11.7. The van der Waals surface area contributed by atoms with Gasteiger partial charge in [-0.25, -0.2) is 4.79 Å². The Morgan fingerprint density at radius 3 is 2.33 bits per heavy atom. The minimum atomic E-state index is -0.370. The number of nitrogens with one attached hydrogen (secondary N) is 3. The molecule has 0 radical (unpaired) electrons. The van der Waals surface area contributed by atoms with Crippen molar-refractivity contribution in [3.63, 3.8) is 0 Å². The summed E-state index contributed by atoms with van der Waals surface area (Å²) in [6, 6.07) is 0.291. The smallest absolute Gasteiger partial charge is 0.315 e. The van der Waals surface area contributed by atoms with Gasteiger partial charge in [-0.05, 0) is 39.5 Å². The Hall–Kier alpha value is -1.01. The summed E-state index contributed by atoms with van der Waals surface area (Å²) in [5, 5.41) is 8.76. The predicted octanol–water partition coefficient (Wildman–Crippen LogP) is 2.45. The van der Waals surface area contributed by atoms with E-state index >= 15 is 0 Å². The van der Waals surface area contributed by atoms with Gasteiger partial charge in [-0.3, -0.25) is 4.79 Å². The molecule has 0 aliphatic heterocycles. The topological polar surface area (TPSA) is 96.2 Å². The first kappa shape index (κ1) is 23.0. The van der Waals surface area contributed by atoms with Gasteiger partial charge in [0, 0.05) is 31.1 Å². The van der Waals surface area contributed by atoms with Gasteiger partial charge in [0.05, 0.1) is 0 Å². The van der Waals surface area contributed by atoms with Gasteiger partial charge in [0.2, 0.25) is 5.91 Å². The SMILES string of the molecule is CC(C)(N)CNC(=O)CCCCCNC(=O)NC1CCCCC1.Cl. The van der Waals surface area contributed by atoms with E-state index in [2.05, 4.69) is 16.0 Å². The van der Waals surface area contributed by atoms with Gasteiger partial charge in [-0.15, -0.1) is 12.4 Å². The van der Waals surface area contributed by atoms with Gasteiger partial charge in [-0.2, -0.15) is 0 Å². The number of hydrogen-bond acceptors (Lipinski definition) is 3. The van der Waals surface area contributed by atoms with Crippen molar-refractivity contribution in [2.45, 2.75) is 83.2 Å². The normalized spacial score (nSPS) is 15.3. The number of nitrogens with two attached hydrogens (primary N) is 1. The maximum Gasteiger partial charge on any atom is 0.315 e. The standard InChI is InChI=1S/C17H34N4O2.ClH/c1-17(2,18)13-20-15(22)11-7-4-8-12-19-16(23)21-14-9-5-3-6-10-14;/h14H,3-13,18H2,1-2H3,(H,20,22)(H2,19,21,23);1H. The van der Waals surface area contributed by atoms with Gasteiger partial charge in [0.25, 0.3) is 0 Å². The average molecular weight is 363 g/mol. The first-order valence-corrected chi connectivity index (χ1v) is 8.97. The molecular formula is C17H35ClN4O2. The Balaban J connectivity index is 0.00000529. The third-order valence-corrected chi connectivity index (χ3v) is 4.05. The lowest BCUT2D eigenvalue weighted by Gasteiger charge is -2.22. The zero-order chi connectivity index (χ0) is 17.1. The fraction of sp³-hybridized carbons (Fsp3) is 0.882. The highest BCUT2D eigenvalue weighted by molar-refractivity contribution is 5.85. The molecule has 1 saturated carbocycles. The van der Waals surface area contributed by atoms with E-state index in [-0.39, 0.29) is 29.9 Å². The van der Waals surface area contributed by atoms with Crippen molar-refractivity contribution in [3.05, 3.63) is 0 Å². The van der Waals surface area contributed by atoms with Crippen LogP contribution in [0.1, 0.15) is 71.6 Å². The van der Waals surface area contributed by atoms with Crippen molar-refractivity contribution in [1.82, 2.24) is 16.0 Å². The van der Waals surface area contributed by atoms with Crippen LogP contribution in [0, 0.1) is 0 Å². The van der Waals surface area contributed by atoms with Crippen molar-refractivity contribution in [2.75, 3.05) is 13.1 Å². The summed E-state index contributed by atoms with van der Waals surface area (Å²) in [6.07, 6.45) is 9.10. The molecule has 1 aliphatic rings. The highest BCUT2D eigenvalue weighted by Gasteiger charge is 2.15. The molecule has 0 spiro atoms. The lowest BCUT2D eigenvalue weighted by molar-refractivity contribution is -0.121. The van der Waals surface area contributed by atoms with Crippen LogP contribution in [0.5, 0.6) is 0 Å². The van der Waals surface area contributed by atoms with Crippen LogP contribution in [0.15, 0.2) is 0 Å². The summed E-state index contributed by atoms with van der Waals surface area (Å²) in [6.45, 7) is 4.93. The Kier molecular flexibility index (Phi) is 11.8. The van der Waals surface area contributed by atoms with Gasteiger partial charge in [0.15, 0.2) is 0 Å². The molecule has 0 bridgehead atoms. The number of rotatable bonds is 9. The third kappa shape index (κ3) is 12.4. The van der Waals surface area contributed by atoms with Crippen LogP contribution in [0.4, 0.5) is 4.79 Å². The fourth-order valence-electron chi connectivity index (χ4n) is 2.69. The monoisotopic (exact) mass is 362 g/mol. The van der Waals surface area contributed by atoms with Crippen LogP contribution in [0.25, 0.3) is 0 Å². The van der Waals surface area contributed by atoms with Crippen LogP contribution in [0.3, 0.4) is 0 Å². The number of unbranched alkanes of at least 4 members (excludes halogenated alkanes) is 2. The molecule has 1 fully saturated rings. The fourth-order valence-corrected chi connectivity index (χ4v) is 2.69. The largest absolute Gasteiger partial charge is 0.354 e. The maximum atomic E-state index is 11.7. The van der Waals surface area contributed by atoms with E-state index < -0.39 is 0 Å². The zero-order valence-corrected chi connectivity index (χ0v) is 16.0. The molecule has 1 rings (SSSR count). The van der Waals surface area contributed by atoms with E-state index in [1.807, 2.05) is 13.8 Å². The minimum Gasteiger partial charge on any atom is -0.354 e. The minimum absolute atomic E-state index is 0. The van der Waals surface area contributed by atoms with Crippen LogP contribution >= 0.6 is 12.4 Å². The molecule has 3 amide bonds. The van der Waals surface area contributed by atoms with Crippen LogP contribution in [-0.2, 0) is 4.79 Å². The highest BCUT2D eigenvalue weighted by Crippen LogP contribution is 2.17. The number of urea groups is 1. The molecule has 0 aromatic carbocycles. The molecule has 7 heteroatoms. The molecule has 0 unspecified atom stereocenters. The number of halogens is 1. The molecule has 0 atom stereocenters. The molecule has 24 heavy (non-hydrogen) atoms. The molecular weight excluding hydrogens is 328 g/mol. The Labute approximate surface area is 152 Å². The summed E-state index contributed by atoms with van der Waals surface area (Å²) in [7, 11) is 0.